The third-order valence-electron chi connectivity index (χ3n) is 4.28. The Morgan fingerprint density at radius 3 is 2.54 bits per heavy atom. The van der Waals surface area contributed by atoms with Gasteiger partial charge in [0.2, 0.25) is 11.8 Å². The average Bonchev–Trinajstić information content (AvgIpc) is 2.58. The Kier molecular flexibility index (Phi) is 7.21. The molecule has 1 aromatic rings. The van der Waals surface area contributed by atoms with Gasteiger partial charge in [-0.15, -0.1) is 0 Å². The smallest absolute Gasteiger partial charge is 0.233 e. The molecule has 1 aromatic carbocycles. The highest BCUT2D eigenvalue weighted by Crippen LogP contribution is 2.13. The number of carbonyl (C=O) groups excluding carboxylic acids is 2. The second kappa shape index (κ2) is 9.39. The third-order valence-corrected chi connectivity index (χ3v) is 4.28. The van der Waals surface area contributed by atoms with Gasteiger partial charge in [-0.1, -0.05) is 18.2 Å². The first-order valence-corrected chi connectivity index (χ1v) is 8.44. The molecule has 0 atom stereocenters. The zero-order valence-corrected chi connectivity index (χ0v) is 14.6. The molecular formula is C18H27N3O3. The number of carbonyl (C=O) groups is 2. The van der Waals surface area contributed by atoms with E-state index in [1.807, 2.05) is 31.2 Å². The number of aryl methyl sites for hydroxylation is 1. The van der Waals surface area contributed by atoms with Crippen molar-refractivity contribution < 1.29 is 14.3 Å². The fourth-order valence-corrected chi connectivity index (χ4v) is 2.81. The molecule has 0 saturated carbocycles. The highest BCUT2D eigenvalue weighted by molar-refractivity contribution is 6.03. The summed E-state index contributed by atoms with van der Waals surface area (Å²) in [5, 5.41) is 2.81. The summed E-state index contributed by atoms with van der Waals surface area (Å²) >= 11 is 0. The summed E-state index contributed by atoms with van der Waals surface area (Å²) in [6.07, 6.45) is 0.904. The van der Waals surface area contributed by atoms with Gasteiger partial charge in [-0.25, -0.2) is 0 Å². The van der Waals surface area contributed by atoms with Gasteiger partial charge >= 0.3 is 0 Å². The summed E-state index contributed by atoms with van der Waals surface area (Å²) in [6, 6.07) is 7.56. The van der Waals surface area contributed by atoms with E-state index >= 15 is 0 Å². The Morgan fingerprint density at radius 1 is 1.17 bits per heavy atom. The molecular weight excluding hydrogens is 306 g/mol. The number of benzene rings is 1. The van der Waals surface area contributed by atoms with E-state index in [1.165, 1.54) is 0 Å². The summed E-state index contributed by atoms with van der Waals surface area (Å²) in [6.45, 7) is 6.76. The number of anilines is 1. The quantitative estimate of drug-likeness (QED) is 0.607. The van der Waals surface area contributed by atoms with Crippen molar-refractivity contribution in [1.29, 1.82) is 0 Å². The van der Waals surface area contributed by atoms with E-state index in [0.717, 1.165) is 43.9 Å². The van der Waals surface area contributed by atoms with Crippen LogP contribution in [-0.2, 0) is 14.3 Å². The molecule has 1 heterocycles. The second-order valence-electron chi connectivity index (χ2n) is 6.11. The number of ether oxygens (including phenoxy) is 1. The van der Waals surface area contributed by atoms with Crippen LogP contribution < -0.4 is 5.32 Å². The van der Waals surface area contributed by atoms with Crippen molar-refractivity contribution in [3.63, 3.8) is 0 Å². The maximum atomic E-state index is 12.3. The fraction of sp³-hybridized carbons (Fsp3) is 0.556. The number of hydrogen-bond donors (Lipinski definition) is 1. The average molecular weight is 333 g/mol. The molecule has 0 radical (unpaired) electrons. The largest absolute Gasteiger partial charge is 0.385 e. The van der Waals surface area contributed by atoms with Crippen LogP contribution in [0.4, 0.5) is 5.69 Å². The molecule has 1 saturated heterocycles. The van der Waals surface area contributed by atoms with Gasteiger partial charge in [-0.05, 0) is 25.0 Å². The SMILES string of the molecule is COCCCN1CCN(C(=O)CC(=O)Nc2ccccc2C)CC1. The predicted octanol–water partition coefficient (Wildman–Crippen LogP) is 1.50. The van der Waals surface area contributed by atoms with Crippen LogP contribution in [0.15, 0.2) is 24.3 Å². The zero-order valence-electron chi connectivity index (χ0n) is 14.6. The normalized spacial score (nSPS) is 15.3. The fourth-order valence-electron chi connectivity index (χ4n) is 2.81. The van der Waals surface area contributed by atoms with Gasteiger partial charge in [0.25, 0.3) is 0 Å². The lowest BCUT2D eigenvalue weighted by Gasteiger charge is -2.34. The van der Waals surface area contributed by atoms with Crippen molar-refractivity contribution in [2.45, 2.75) is 19.8 Å². The molecule has 1 fully saturated rings. The zero-order chi connectivity index (χ0) is 17.4. The van der Waals surface area contributed by atoms with Gasteiger partial charge in [-0.2, -0.15) is 0 Å². The van der Waals surface area contributed by atoms with Crippen LogP contribution in [0.5, 0.6) is 0 Å². The molecule has 0 aliphatic carbocycles. The molecule has 6 heteroatoms. The Labute approximate surface area is 143 Å². The first-order chi connectivity index (χ1) is 11.6. The molecule has 0 aromatic heterocycles. The van der Waals surface area contributed by atoms with Gasteiger partial charge in [0, 0.05) is 52.1 Å². The van der Waals surface area contributed by atoms with Crippen LogP contribution in [0.1, 0.15) is 18.4 Å². The van der Waals surface area contributed by atoms with E-state index in [4.69, 9.17) is 4.74 Å². The van der Waals surface area contributed by atoms with Crippen molar-refractivity contribution in [2.24, 2.45) is 0 Å². The van der Waals surface area contributed by atoms with Crippen LogP contribution in [0.3, 0.4) is 0 Å². The standard InChI is InChI=1S/C18H27N3O3/c1-15-6-3-4-7-16(15)19-17(22)14-18(23)21-11-9-20(10-12-21)8-5-13-24-2/h3-4,6-7H,5,8-14H2,1-2H3,(H,19,22). The molecule has 2 amide bonds. The van der Waals surface area contributed by atoms with Crippen LogP contribution in [0.2, 0.25) is 0 Å². The molecule has 2 rings (SSSR count). The van der Waals surface area contributed by atoms with E-state index in [0.29, 0.717) is 13.1 Å². The van der Waals surface area contributed by atoms with Crippen LogP contribution in [0, 0.1) is 6.92 Å². The molecule has 132 valence electrons. The third kappa shape index (κ3) is 5.62. The Bertz CT molecular complexity index is 554. The summed E-state index contributed by atoms with van der Waals surface area (Å²) < 4.78 is 5.06. The molecule has 6 nitrogen and oxygen atoms in total. The van der Waals surface area contributed by atoms with Crippen molar-refractivity contribution >= 4 is 17.5 Å². The highest BCUT2D eigenvalue weighted by Gasteiger charge is 2.22. The van der Waals surface area contributed by atoms with Gasteiger partial charge in [0.05, 0.1) is 0 Å². The van der Waals surface area contributed by atoms with Crippen molar-refractivity contribution in [3.8, 4) is 0 Å². The monoisotopic (exact) mass is 333 g/mol. The summed E-state index contributed by atoms with van der Waals surface area (Å²) in [5.74, 6) is -0.352. The minimum absolute atomic E-state index is 0.0992. The summed E-state index contributed by atoms with van der Waals surface area (Å²) in [5.41, 5.74) is 1.75. The highest BCUT2D eigenvalue weighted by atomic mass is 16.5. The first kappa shape index (κ1) is 18.4. The maximum absolute atomic E-state index is 12.3. The minimum Gasteiger partial charge on any atom is -0.385 e. The second-order valence-corrected chi connectivity index (χ2v) is 6.11. The van der Waals surface area contributed by atoms with Gasteiger partial charge in [0.15, 0.2) is 0 Å². The molecule has 0 bridgehead atoms. The number of hydrogen-bond acceptors (Lipinski definition) is 4. The minimum atomic E-state index is -0.253. The number of rotatable bonds is 7. The van der Waals surface area contributed by atoms with Crippen molar-refractivity contribution in [1.82, 2.24) is 9.80 Å². The van der Waals surface area contributed by atoms with E-state index in [2.05, 4.69) is 10.2 Å². The van der Waals surface area contributed by atoms with Crippen molar-refractivity contribution in [3.05, 3.63) is 29.8 Å². The van der Waals surface area contributed by atoms with Crippen molar-refractivity contribution in [2.75, 3.05) is 51.8 Å². The molecule has 0 unspecified atom stereocenters. The first-order valence-electron chi connectivity index (χ1n) is 8.44. The van der Waals surface area contributed by atoms with E-state index in [1.54, 1.807) is 12.0 Å². The molecule has 1 aliphatic rings. The maximum Gasteiger partial charge on any atom is 0.233 e. The lowest BCUT2D eigenvalue weighted by Crippen LogP contribution is -2.49. The lowest BCUT2D eigenvalue weighted by molar-refractivity contribution is -0.136. The Morgan fingerprint density at radius 2 is 1.88 bits per heavy atom. The Hall–Kier alpha value is -1.92. The number of amides is 2. The number of nitrogens with zero attached hydrogens (tertiary/aromatic N) is 2. The number of nitrogens with one attached hydrogen (secondary N) is 1. The summed E-state index contributed by atoms with van der Waals surface area (Å²) in [4.78, 5) is 28.5. The Balaban J connectivity index is 1.73. The van der Waals surface area contributed by atoms with Crippen LogP contribution in [-0.4, -0.2) is 68.1 Å². The topological polar surface area (TPSA) is 61.9 Å². The number of methoxy groups -OCH3 is 1. The van der Waals surface area contributed by atoms with Crippen LogP contribution in [0.25, 0.3) is 0 Å². The van der Waals surface area contributed by atoms with Gasteiger partial charge in [0.1, 0.15) is 6.42 Å². The molecule has 0 spiro atoms. The molecule has 1 aliphatic heterocycles. The van der Waals surface area contributed by atoms with Crippen LogP contribution >= 0.6 is 0 Å². The number of para-hydroxylation sites is 1. The number of piperazine rings is 1. The van der Waals surface area contributed by atoms with Gasteiger partial charge in [-0.3, -0.25) is 14.5 Å². The van der Waals surface area contributed by atoms with Gasteiger partial charge < -0.3 is 15.0 Å². The molecule has 1 N–H and O–H groups in total. The summed E-state index contributed by atoms with van der Waals surface area (Å²) in [7, 11) is 1.71. The van der Waals surface area contributed by atoms with E-state index < -0.39 is 0 Å². The lowest BCUT2D eigenvalue weighted by atomic mass is 10.2. The predicted molar refractivity (Wildman–Crippen MR) is 93.9 cm³/mol. The van der Waals surface area contributed by atoms with E-state index in [9.17, 15) is 9.59 Å². The molecule has 24 heavy (non-hydrogen) atoms. The van der Waals surface area contributed by atoms with E-state index in [-0.39, 0.29) is 18.2 Å².